The van der Waals surface area contributed by atoms with E-state index in [9.17, 15) is 14.7 Å². The molecule has 3 saturated heterocycles. The Morgan fingerprint density at radius 2 is 1.76 bits per heavy atom. The van der Waals surface area contributed by atoms with Crippen molar-refractivity contribution in [3.05, 3.63) is 23.8 Å². The minimum atomic E-state index is -0.710. The number of likely N-dealkylation sites (tertiary alicyclic amines) is 1. The van der Waals surface area contributed by atoms with E-state index < -0.39 is 5.97 Å². The highest BCUT2D eigenvalue weighted by Crippen LogP contribution is 2.48. The average molecular weight is 468 g/mol. The summed E-state index contributed by atoms with van der Waals surface area (Å²) in [5.41, 5.74) is 3.13. The van der Waals surface area contributed by atoms with E-state index in [1.165, 1.54) is 44.3 Å². The van der Waals surface area contributed by atoms with E-state index in [1.807, 2.05) is 4.90 Å². The van der Waals surface area contributed by atoms with E-state index in [0.717, 1.165) is 49.4 Å². The first-order chi connectivity index (χ1) is 16.4. The highest BCUT2D eigenvalue weighted by molar-refractivity contribution is 6.00. The monoisotopic (exact) mass is 467 g/mol. The zero-order chi connectivity index (χ0) is 23.9. The Bertz CT molecular complexity index is 915. The molecule has 1 aromatic rings. The summed E-state index contributed by atoms with van der Waals surface area (Å²) >= 11 is 0. The van der Waals surface area contributed by atoms with Crippen molar-refractivity contribution in [3.63, 3.8) is 0 Å². The fourth-order valence-electron chi connectivity index (χ4n) is 7.30. The summed E-state index contributed by atoms with van der Waals surface area (Å²) in [6.45, 7) is 8.69. The minimum Gasteiger partial charge on any atom is -0.481 e. The molecule has 6 heteroatoms. The Balaban J connectivity index is 1.22. The molecule has 1 spiro atoms. The molecule has 4 fully saturated rings. The predicted octanol–water partition coefficient (Wildman–Crippen LogP) is 4.84. The van der Waals surface area contributed by atoms with Crippen molar-refractivity contribution in [1.29, 1.82) is 0 Å². The Morgan fingerprint density at radius 3 is 2.41 bits per heavy atom. The lowest BCUT2D eigenvalue weighted by molar-refractivity contribution is -0.145. The van der Waals surface area contributed by atoms with Crippen molar-refractivity contribution in [1.82, 2.24) is 4.90 Å². The first-order valence-electron chi connectivity index (χ1n) is 13.6. The maximum absolute atomic E-state index is 13.5. The number of hydrogen-bond acceptors (Lipinski definition) is 4. The smallest absolute Gasteiger partial charge is 0.306 e. The van der Waals surface area contributed by atoms with Crippen molar-refractivity contribution in [3.8, 4) is 0 Å². The van der Waals surface area contributed by atoms with Gasteiger partial charge < -0.3 is 14.9 Å². The van der Waals surface area contributed by atoms with Gasteiger partial charge in [-0.2, -0.15) is 0 Å². The van der Waals surface area contributed by atoms with E-state index in [-0.39, 0.29) is 17.2 Å². The Morgan fingerprint density at radius 1 is 1.03 bits per heavy atom. The number of hydrogen-bond donors (Lipinski definition) is 1. The van der Waals surface area contributed by atoms with Gasteiger partial charge in [0.15, 0.2) is 0 Å². The lowest BCUT2D eigenvalue weighted by atomic mass is 9.69. The number of anilines is 2. The third-order valence-corrected chi connectivity index (χ3v) is 9.47. The summed E-state index contributed by atoms with van der Waals surface area (Å²) in [4.78, 5) is 32.1. The molecule has 0 unspecified atom stereocenters. The number of aryl methyl sites for hydroxylation is 1. The van der Waals surface area contributed by atoms with Gasteiger partial charge in [0.2, 0.25) is 5.91 Å². The van der Waals surface area contributed by atoms with Crippen LogP contribution in [0.5, 0.6) is 0 Å². The van der Waals surface area contributed by atoms with Crippen molar-refractivity contribution < 1.29 is 14.7 Å². The number of nitrogens with zero attached hydrogens (tertiary/aromatic N) is 3. The molecular formula is C28H41N3O3. The van der Waals surface area contributed by atoms with Gasteiger partial charge in [-0.05, 0) is 101 Å². The number of carbonyl (C=O) groups excluding carboxylic acids is 1. The van der Waals surface area contributed by atoms with Gasteiger partial charge in [0.25, 0.3) is 0 Å². The van der Waals surface area contributed by atoms with Gasteiger partial charge in [-0.3, -0.25) is 14.5 Å². The van der Waals surface area contributed by atoms with E-state index in [4.69, 9.17) is 0 Å². The van der Waals surface area contributed by atoms with Gasteiger partial charge in [-0.15, -0.1) is 0 Å². The van der Waals surface area contributed by atoms with Crippen LogP contribution in [0.4, 0.5) is 11.4 Å². The second-order valence-corrected chi connectivity index (χ2v) is 11.2. The molecule has 0 aromatic heterocycles. The molecule has 0 radical (unpaired) electrons. The third kappa shape index (κ3) is 4.23. The van der Waals surface area contributed by atoms with Gasteiger partial charge in [0.1, 0.15) is 0 Å². The van der Waals surface area contributed by atoms with Crippen LogP contribution in [0.15, 0.2) is 18.2 Å². The molecule has 1 aromatic carbocycles. The topological polar surface area (TPSA) is 64.1 Å². The molecule has 0 bridgehead atoms. The molecule has 5 rings (SSSR count). The van der Waals surface area contributed by atoms with Gasteiger partial charge in [0.05, 0.1) is 11.3 Å². The zero-order valence-electron chi connectivity index (χ0n) is 21.0. The number of aliphatic carboxylic acids is 1. The molecule has 34 heavy (non-hydrogen) atoms. The average Bonchev–Trinajstić information content (AvgIpc) is 3.45. The number of rotatable bonds is 5. The molecule has 1 saturated carbocycles. The lowest BCUT2D eigenvalue weighted by Gasteiger charge is -2.40. The summed E-state index contributed by atoms with van der Waals surface area (Å²) in [6.07, 6.45) is 9.99. The first kappa shape index (κ1) is 23.7. The molecular weight excluding hydrogens is 426 g/mol. The first-order valence-corrected chi connectivity index (χ1v) is 13.6. The molecule has 3 heterocycles. The molecule has 186 valence electrons. The summed E-state index contributed by atoms with van der Waals surface area (Å²) in [6, 6.07) is 8.13. The van der Waals surface area contributed by atoms with Crippen LogP contribution in [0, 0.1) is 18.3 Å². The van der Waals surface area contributed by atoms with E-state index in [0.29, 0.717) is 25.7 Å². The number of carbonyl (C=O) groups is 2. The van der Waals surface area contributed by atoms with Gasteiger partial charge >= 0.3 is 5.97 Å². The lowest BCUT2D eigenvalue weighted by Crippen LogP contribution is -2.46. The van der Waals surface area contributed by atoms with Gasteiger partial charge in [-0.25, -0.2) is 0 Å². The Labute approximate surface area is 204 Å². The maximum atomic E-state index is 13.5. The molecule has 1 amide bonds. The van der Waals surface area contributed by atoms with Crippen LogP contribution >= 0.6 is 0 Å². The number of piperidine rings is 1. The van der Waals surface area contributed by atoms with E-state index in [1.54, 1.807) is 0 Å². The summed E-state index contributed by atoms with van der Waals surface area (Å²) in [5, 5.41) is 9.33. The number of benzene rings is 1. The molecule has 6 nitrogen and oxygen atoms in total. The van der Waals surface area contributed by atoms with Gasteiger partial charge in [0, 0.05) is 43.1 Å². The van der Waals surface area contributed by atoms with E-state index in [2.05, 4.69) is 41.8 Å². The van der Waals surface area contributed by atoms with Crippen molar-refractivity contribution in [2.45, 2.75) is 90.1 Å². The Hall–Kier alpha value is -2.08. The fourth-order valence-corrected chi connectivity index (χ4v) is 7.30. The van der Waals surface area contributed by atoms with Crippen LogP contribution in [-0.2, 0) is 9.59 Å². The highest BCUT2D eigenvalue weighted by Gasteiger charge is 2.49. The summed E-state index contributed by atoms with van der Waals surface area (Å²) < 4.78 is 0. The van der Waals surface area contributed by atoms with Crippen LogP contribution in [0.1, 0.15) is 76.7 Å². The fraction of sp³-hybridized carbons (Fsp3) is 0.714. The summed E-state index contributed by atoms with van der Waals surface area (Å²) in [7, 11) is 0. The largest absolute Gasteiger partial charge is 0.481 e. The number of amides is 1. The van der Waals surface area contributed by atoms with Crippen LogP contribution in [-0.4, -0.2) is 60.1 Å². The third-order valence-electron chi connectivity index (χ3n) is 9.47. The van der Waals surface area contributed by atoms with Crippen molar-refractivity contribution in [2.75, 3.05) is 36.0 Å². The number of carboxylic acid groups (broad SMARTS) is 1. The van der Waals surface area contributed by atoms with Crippen LogP contribution in [0.3, 0.4) is 0 Å². The summed E-state index contributed by atoms with van der Waals surface area (Å²) in [5.74, 6) is -0.779. The normalized spacial score (nSPS) is 31.1. The molecule has 1 atom stereocenters. The molecule has 4 aliphatic rings. The second kappa shape index (κ2) is 9.52. The predicted molar refractivity (Wildman–Crippen MR) is 135 cm³/mol. The van der Waals surface area contributed by atoms with Crippen LogP contribution < -0.4 is 9.80 Å². The highest BCUT2D eigenvalue weighted by atomic mass is 16.4. The zero-order valence-corrected chi connectivity index (χ0v) is 21.0. The maximum Gasteiger partial charge on any atom is 0.306 e. The van der Waals surface area contributed by atoms with Crippen LogP contribution in [0.2, 0.25) is 0 Å². The standard InChI is InChI=1S/C28H41N3O3/c1-3-22-5-4-15-30(22)23-10-16-29(17-11-23)24-6-7-25(20(2)19-24)31-18-14-28(27(31)34)12-8-21(9-13-28)26(32)33/h6-7,19,21-23H,3-5,8-18H2,1-2H3,(H,32,33)/t21?,22-,28?/m0/s1. The number of carboxylic acids is 1. The second-order valence-electron chi connectivity index (χ2n) is 11.2. The molecule has 1 N–H and O–H groups in total. The SMILES string of the molecule is CC[C@H]1CCCN1C1CCN(c2ccc(N3CCC4(CCC(C(=O)O)CC4)C3=O)c(C)c2)CC1. The Kier molecular flexibility index (Phi) is 6.62. The van der Waals surface area contributed by atoms with Crippen LogP contribution in [0.25, 0.3) is 0 Å². The minimum absolute atomic E-state index is 0.212. The molecule has 1 aliphatic carbocycles. The van der Waals surface area contributed by atoms with Gasteiger partial charge in [-0.1, -0.05) is 6.92 Å². The quantitative estimate of drug-likeness (QED) is 0.672. The van der Waals surface area contributed by atoms with Crippen molar-refractivity contribution >= 4 is 23.3 Å². The van der Waals surface area contributed by atoms with Crippen molar-refractivity contribution in [2.24, 2.45) is 11.3 Å². The van der Waals surface area contributed by atoms with E-state index >= 15 is 0 Å². The molecule has 3 aliphatic heterocycles.